The molecule has 132 valence electrons. The van der Waals surface area contributed by atoms with Gasteiger partial charge in [-0.05, 0) is 49.4 Å². The first-order valence-corrected chi connectivity index (χ1v) is 9.29. The molecule has 4 rings (SSSR count). The quantitative estimate of drug-likeness (QED) is 0.917. The van der Waals surface area contributed by atoms with Crippen LogP contribution in [0.4, 0.5) is 5.69 Å². The van der Waals surface area contributed by atoms with Crippen molar-refractivity contribution >= 4 is 23.2 Å². The Morgan fingerprint density at radius 3 is 2.88 bits per heavy atom. The van der Waals surface area contributed by atoms with Crippen LogP contribution in [0, 0.1) is 12.8 Å². The topological polar surface area (TPSA) is 50.2 Å². The number of halogens is 1. The van der Waals surface area contributed by atoms with Gasteiger partial charge in [-0.2, -0.15) is 0 Å². The summed E-state index contributed by atoms with van der Waals surface area (Å²) in [5, 5.41) is 4.08. The first-order chi connectivity index (χ1) is 12.1. The van der Waals surface area contributed by atoms with E-state index in [2.05, 4.69) is 14.9 Å². The highest BCUT2D eigenvalue weighted by atomic mass is 35.5. The third-order valence-electron chi connectivity index (χ3n) is 5.42. The number of amides is 1. The second-order valence-corrected chi connectivity index (χ2v) is 7.53. The Bertz CT molecular complexity index is 779. The van der Waals surface area contributed by atoms with E-state index in [0.717, 1.165) is 61.0 Å². The first kappa shape index (κ1) is 16.5. The highest BCUT2D eigenvalue weighted by Gasteiger charge is 2.32. The smallest absolute Gasteiger partial charge is 0.245 e. The van der Waals surface area contributed by atoms with E-state index in [1.807, 2.05) is 42.4 Å². The Morgan fingerprint density at radius 1 is 1.36 bits per heavy atom. The number of aryl methyl sites for hydroxylation is 1. The molecule has 1 fully saturated rings. The van der Waals surface area contributed by atoms with Crippen LogP contribution in [0.25, 0.3) is 0 Å². The number of nitrogens with zero attached hydrogens (tertiary/aromatic N) is 3. The van der Waals surface area contributed by atoms with Crippen molar-refractivity contribution in [2.45, 2.75) is 38.8 Å². The van der Waals surface area contributed by atoms with Crippen molar-refractivity contribution in [3.05, 3.63) is 47.0 Å². The Balaban J connectivity index is 1.32. The maximum atomic E-state index is 12.8. The Kier molecular flexibility index (Phi) is 4.42. The number of anilines is 1. The first-order valence-electron chi connectivity index (χ1n) is 8.91. The molecule has 2 aliphatic heterocycles. The number of likely N-dealkylation sites (tertiary alicyclic amines) is 1. The van der Waals surface area contributed by atoms with Crippen molar-refractivity contribution in [3.63, 3.8) is 0 Å². The van der Waals surface area contributed by atoms with Crippen molar-refractivity contribution in [3.8, 4) is 0 Å². The molecule has 1 N–H and O–H groups in total. The van der Waals surface area contributed by atoms with Gasteiger partial charge in [0.15, 0.2) is 0 Å². The lowest BCUT2D eigenvalue weighted by molar-refractivity contribution is -0.133. The highest BCUT2D eigenvalue weighted by Crippen LogP contribution is 2.30. The molecule has 1 unspecified atom stereocenters. The van der Waals surface area contributed by atoms with Crippen LogP contribution in [0.1, 0.15) is 24.2 Å². The molecule has 0 saturated carbocycles. The molecule has 25 heavy (non-hydrogen) atoms. The van der Waals surface area contributed by atoms with E-state index in [-0.39, 0.29) is 11.9 Å². The molecule has 2 aliphatic rings. The van der Waals surface area contributed by atoms with Gasteiger partial charge in [0.1, 0.15) is 11.9 Å². The fourth-order valence-electron chi connectivity index (χ4n) is 3.91. The maximum absolute atomic E-state index is 12.8. The third kappa shape index (κ3) is 3.38. The van der Waals surface area contributed by atoms with Crippen LogP contribution >= 0.6 is 11.6 Å². The summed E-state index contributed by atoms with van der Waals surface area (Å²) >= 11 is 6.06. The van der Waals surface area contributed by atoms with Gasteiger partial charge in [-0.15, -0.1) is 0 Å². The fraction of sp³-hybridized carbons (Fsp3) is 0.474. The molecule has 2 aromatic rings. The van der Waals surface area contributed by atoms with Gasteiger partial charge in [0.2, 0.25) is 5.91 Å². The minimum atomic E-state index is -0.152. The van der Waals surface area contributed by atoms with Gasteiger partial charge in [0, 0.05) is 49.2 Å². The van der Waals surface area contributed by atoms with E-state index < -0.39 is 0 Å². The van der Waals surface area contributed by atoms with Gasteiger partial charge < -0.3 is 14.8 Å². The SMILES string of the molecule is Cc1nccn1CC1CCN(C(=O)C2Cc3cc(Cl)ccc3N2)CC1. The predicted octanol–water partition coefficient (Wildman–Crippen LogP) is 3.12. The largest absolute Gasteiger partial charge is 0.373 e. The summed E-state index contributed by atoms with van der Waals surface area (Å²) in [6.07, 6.45) is 6.72. The standard InChI is InChI=1S/C19H23ClN4O/c1-13-21-6-9-24(13)12-14-4-7-23(8-5-14)19(25)18-11-15-10-16(20)2-3-17(15)22-18/h2-3,6,9-10,14,18,22H,4-5,7-8,11-12H2,1H3. The van der Waals surface area contributed by atoms with Gasteiger partial charge in [0.25, 0.3) is 0 Å². The minimum Gasteiger partial charge on any atom is -0.373 e. The average Bonchev–Trinajstić information content (AvgIpc) is 3.21. The average molecular weight is 359 g/mol. The molecular formula is C19H23ClN4O. The van der Waals surface area contributed by atoms with Crippen LogP contribution in [-0.4, -0.2) is 39.5 Å². The van der Waals surface area contributed by atoms with Crippen molar-refractivity contribution in [1.82, 2.24) is 14.5 Å². The number of carbonyl (C=O) groups excluding carboxylic acids is 1. The summed E-state index contributed by atoms with van der Waals surface area (Å²) in [6, 6.07) is 5.63. The Morgan fingerprint density at radius 2 is 2.16 bits per heavy atom. The zero-order valence-corrected chi connectivity index (χ0v) is 15.2. The minimum absolute atomic E-state index is 0.152. The van der Waals surface area contributed by atoms with Gasteiger partial charge in [-0.3, -0.25) is 4.79 Å². The van der Waals surface area contributed by atoms with E-state index in [9.17, 15) is 4.79 Å². The zero-order chi connectivity index (χ0) is 17.4. The number of nitrogens with one attached hydrogen (secondary N) is 1. The third-order valence-corrected chi connectivity index (χ3v) is 5.66. The highest BCUT2D eigenvalue weighted by molar-refractivity contribution is 6.30. The molecule has 0 radical (unpaired) electrons. The number of rotatable bonds is 3. The van der Waals surface area contributed by atoms with Gasteiger partial charge in [-0.1, -0.05) is 11.6 Å². The van der Waals surface area contributed by atoms with Crippen LogP contribution < -0.4 is 5.32 Å². The van der Waals surface area contributed by atoms with E-state index in [1.165, 1.54) is 0 Å². The number of fused-ring (bicyclic) bond motifs is 1. The summed E-state index contributed by atoms with van der Waals surface area (Å²) < 4.78 is 2.21. The normalized spacial score (nSPS) is 20.4. The lowest BCUT2D eigenvalue weighted by Crippen LogP contribution is -2.46. The number of hydrogen-bond acceptors (Lipinski definition) is 3. The maximum Gasteiger partial charge on any atom is 0.245 e. The van der Waals surface area contributed by atoms with Crippen LogP contribution in [0.5, 0.6) is 0 Å². The number of carbonyl (C=O) groups is 1. The molecule has 5 nitrogen and oxygen atoms in total. The van der Waals surface area contributed by atoms with Crippen LogP contribution in [0.15, 0.2) is 30.6 Å². The molecule has 1 saturated heterocycles. The second kappa shape index (κ2) is 6.71. The number of benzene rings is 1. The molecule has 6 heteroatoms. The summed E-state index contributed by atoms with van der Waals surface area (Å²) in [5.41, 5.74) is 2.17. The molecule has 1 atom stereocenters. The Labute approximate surface area is 153 Å². The van der Waals surface area contributed by atoms with Gasteiger partial charge >= 0.3 is 0 Å². The van der Waals surface area contributed by atoms with Crippen molar-refractivity contribution in [2.24, 2.45) is 5.92 Å². The lowest BCUT2D eigenvalue weighted by Gasteiger charge is -2.34. The molecule has 1 amide bonds. The zero-order valence-electron chi connectivity index (χ0n) is 14.4. The van der Waals surface area contributed by atoms with Gasteiger partial charge in [0.05, 0.1) is 0 Å². The molecule has 0 aliphatic carbocycles. The molecular weight excluding hydrogens is 336 g/mol. The van der Waals surface area contributed by atoms with E-state index in [0.29, 0.717) is 5.92 Å². The molecule has 0 bridgehead atoms. The number of imidazole rings is 1. The number of aromatic nitrogens is 2. The Hall–Kier alpha value is -2.01. The van der Waals surface area contributed by atoms with Crippen LogP contribution in [0.3, 0.4) is 0 Å². The summed E-state index contributed by atoms with van der Waals surface area (Å²) in [7, 11) is 0. The van der Waals surface area contributed by atoms with Gasteiger partial charge in [-0.25, -0.2) is 4.98 Å². The van der Waals surface area contributed by atoms with E-state index in [1.54, 1.807) is 0 Å². The van der Waals surface area contributed by atoms with E-state index >= 15 is 0 Å². The molecule has 0 spiro atoms. The van der Waals surface area contributed by atoms with Crippen molar-refractivity contribution in [1.29, 1.82) is 0 Å². The summed E-state index contributed by atoms with van der Waals surface area (Å²) in [5.74, 6) is 1.89. The second-order valence-electron chi connectivity index (χ2n) is 7.10. The molecule has 1 aromatic carbocycles. The van der Waals surface area contributed by atoms with E-state index in [4.69, 9.17) is 11.6 Å². The molecule has 3 heterocycles. The molecule has 1 aromatic heterocycles. The van der Waals surface area contributed by atoms with Crippen LogP contribution in [0.2, 0.25) is 5.02 Å². The number of piperidine rings is 1. The van der Waals surface area contributed by atoms with Crippen LogP contribution in [-0.2, 0) is 17.8 Å². The summed E-state index contributed by atoms with van der Waals surface area (Å²) in [6.45, 7) is 4.72. The lowest BCUT2D eigenvalue weighted by atomic mass is 9.96. The van der Waals surface area contributed by atoms with Crippen molar-refractivity contribution < 1.29 is 4.79 Å². The monoisotopic (exact) mass is 358 g/mol. The summed E-state index contributed by atoms with van der Waals surface area (Å²) in [4.78, 5) is 19.1. The predicted molar refractivity (Wildman–Crippen MR) is 98.8 cm³/mol. The van der Waals surface area contributed by atoms with Crippen molar-refractivity contribution in [2.75, 3.05) is 18.4 Å². The fourth-order valence-corrected chi connectivity index (χ4v) is 4.11. The number of hydrogen-bond donors (Lipinski definition) is 1.